The van der Waals surface area contributed by atoms with Crippen LogP contribution in [0.15, 0.2) is 23.3 Å². The van der Waals surface area contributed by atoms with Crippen LogP contribution < -0.4 is 0 Å². The number of fused-ring (bicyclic) bond motifs is 1. The van der Waals surface area contributed by atoms with Gasteiger partial charge in [0.2, 0.25) is 0 Å². The monoisotopic (exact) mass is 164 g/mol. The Labute approximate surface area is 67.5 Å². The second-order valence-electron chi connectivity index (χ2n) is 2.33. The maximum absolute atomic E-state index is 13.0. The number of hydrogen-bond acceptors (Lipinski definition) is 3. The standard InChI is InChI=1S/C8H5FN2O/c1-2-5-3-7-8(4-6(5)9)11-12-10-7/h2-4H,1H2. The van der Waals surface area contributed by atoms with Gasteiger partial charge in [0.1, 0.15) is 16.9 Å². The van der Waals surface area contributed by atoms with E-state index in [9.17, 15) is 4.39 Å². The van der Waals surface area contributed by atoms with Crippen molar-refractivity contribution in [2.75, 3.05) is 0 Å². The molecule has 3 nitrogen and oxygen atoms in total. The molecule has 0 N–H and O–H groups in total. The van der Waals surface area contributed by atoms with Gasteiger partial charge in [-0.25, -0.2) is 9.02 Å². The molecule has 0 unspecified atom stereocenters. The fourth-order valence-corrected chi connectivity index (χ4v) is 0.979. The Kier molecular flexibility index (Phi) is 1.40. The minimum Gasteiger partial charge on any atom is -0.243 e. The average Bonchev–Trinajstić information content (AvgIpc) is 2.49. The smallest absolute Gasteiger partial charge is 0.138 e. The van der Waals surface area contributed by atoms with Crippen LogP contribution in [0.4, 0.5) is 4.39 Å². The maximum atomic E-state index is 13.0. The zero-order valence-electron chi connectivity index (χ0n) is 6.12. The third-order valence-corrected chi connectivity index (χ3v) is 1.59. The van der Waals surface area contributed by atoms with Gasteiger partial charge in [-0.15, -0.1) is 0 Å². The summed E-state index contributed by atoms with van der Waals surface area (Å²) in [5.74, 6) is -0.367. The summed E-state index contributed by atoms with van der Waals surface area (Å²) in [6, 6.07) is 2.80. The molecule has 1 aromatic heterocycles. The first-order valence-electron chi connectivity index (χ1n) is 3.35. The first-order valence-corrected chi connectivity index (χ1v) is 3.35. The van der Waals surface area contributed by atoms with Gasteiger partial charge in [-0.1, -0.05) is 12.7 Å². The SMILES string of the molecule is C=Cc1cc2nonc2cc1F. The Hall–Kier alpha value is -1.71. The zero-order valence-corrected chi connectivity index (χ0v) is 6.12. The predicted octanol–water partition coefficient (Wildman–Crippen LogP) is 2.00. The summed E-state index contributed by atoms with van der Waals surface area (Å²) in [4.78, 5) is 0. The highest BCUT2D eigenvalue weighted by Gasteiger charge is 2.05. The van der Waals surface area contributed by atoms with E-state index in [1.807, 2.05) is 0 Å². The van der Waals surface area contributed by atoms with E-state index in [0.29, 0.717) is 16.6 Å². The molecule has 0 aliphatic heterocycles. The molecule has 0 atom stereocenters. The molecule has 0 saturated carbocycles. The van der Waals surface area contributed by atoms with Crippen molar-refractivity contribution in [3.8, 4) is 0 Å². The molecular weight excluding hydrogens is 159 g/mol. The molecule has 0 aliphatic carbocycles. The summed E-state index contributed by atoms with van der Waals surface area (Å²) in [5, 5.41) is 7.06. The van der Waals surface area contributed by atoms with Crippen molar-refractivity contribution in [1.29, 1.82) is 0 Å². The number of hydrogen-bond donors (Lipinski definition) is 0. The van der Waals surface area contributed by atoms with E-state index in [0.717, 1.165) is 0 Å². The number of aromatic nitrogens is 2. The molecule has 0 radical (unpaired) electrons. The van der Waals surface area contributed by atoms with Gasteiger partial charge >= 0.3 is 0 Å². The van der Waals surface area contributed by atoms with Crippen LogP contribution in [0.25, 0.3) is 17.1 Å². The first-order chi connectivity index (χ1) is 5.81. The molecule has 2 aromatic rings. The molecule has 0 aliphatic rings. The van der Waals surface area contributed by atoms with Gasteiger partial charge in [-0.2, -0.15) is 0 Å². The second-order valence-corrected chi connectivity index (χ2v) is 2.33. The minimum atomic E-state index is -0.367. The lowest BCUT2D eigenvalue weighted by atomic mass is 10.2. The Balaban J connectivity index is 2.81. The molecule has 2 rings (SSSR count). The van der Waals surface area contributed by atoms with Crippen LogP contribution in [-0.2, 0) is 0 Å². The van der Waals surface area contributed by atoms with Crippen LogP contribution in [-0.4, -0.2) is 10.3 Å². The lowest BCUT2D eigenvalue weighted by Crippen LogP contribution is -1.81. The average molecular weight is 164 g/mol. The topological polar surface area (TPSA) is 38.9 Å². The Morgan fingerprint density at radius 1 is 1.33 bits per heavy atom. The molecule has 12 heavy (non-hydrogen) atoms. The van der Waals surface area contributed by atoms with Gasteiger partial charge < -0.3 is 0 Å². The zero-order chi connectivity index (χ0) is 8.55. The molecule has 0 fully saturated rings. The van der Waals surface area contributed by atoms with Gasteiger partial charge in [0.15, 0.2) is 0 Å². The Morgan fingerprint density at radius 2 is 2.00 bits per heavy atom. The molecule has 4 heteroatoms. The highest BCUT2D eigenvalue weighted by atomic mass is 19.1. The van der Waals surface area contributed by atoms with Gasteiger partial charge in [0, 0.05) is 11.6 Å². The molecule has 0 saturated heterocycles. The molecule has 0 amide bonds. The van der Waals surface area contributed by atoms with Crippen LogP contribution in [0.3, 0.4) is 0 Å². The van der Waals surface area contributed by atoms with Crippen molar-refractivity contribution < 1.29 is 9.02 Å². The summed E-state index contributed by atoms with van der Waals surface area (Å²) >= 11 is 0. The number of halogens is 1. The van der Waals surface area contributed by atoms with E-state index >= 15 is 0 Å². The van der Waals surface area contributed by atoms with Crippen molar-refractivity contribution in [2.24, 2.45) is 0 Å². The van der Waals surface area contributed by atoms with Crippen LogP contribution in [0.1, 0.15) is 5.56 Å². The number of benzene rings is 1. The number of nitrogens with zero attached hydrogens (tertiary/aromatic N) is 2. The Bertz CT molecular complexity index is 436. The normalized spacial score (nSPS) is 10.4. The maximum Gasteiger partial charge on any atom is 0.138 e. The van der Waals surface area contributed by atoms with Gasteiger partial charge in [-0.3, -0.25) is 0 Å². The van der Waals surface area contributed by atoms with Crippen LogP contribution in [0.2, 0.25) is 0 Å². The molecule has 1 aromatic carbocycles. The number of rotatable bonds is 1. The third kappa shape index (κ3) is 0.887. The van der Waals surface area contributed by atoms with E-state index in [-0.39, 0.29) is 5.82 Å². The van der Waals surface area contributed by atoms with Crippen molar-refractivity contribution in [2.45, 2.75) is 0 Å². The van der Waals surface area contributed by atoms with E-state index in [1.165, 1.54) is 18.2 Å². The minimum absolute atomic E-state index is 0.367. The van der Waals surface area contributed by atoms with Gasteiger partial charge in [0.05, 0.1) is 0 Å². The van der Waals surface area contributed by atoms with Gasteiger partial charge in [0.25, 0.3) is 0 Å². The fourth-order valence-electron chi connectivity index (χ4n) is 0.979. The van der Waals surface area contributed by atoms with E-state index in [2.05, 4.69) is 21.5 Å². The van der Waals surface area contributed by atoms with E-state index in [1.54, 1.807) is 0 Å². The van der Waals surface area contributed by atoms with Crippen LogP contribution in [0, 0.1) is 5.82 Å². The van der Waals surface area contributed by atoms with Crippen molar-refractivity contribution in [3.63, 3.8) is 0 Å². The second kappa shape index (κ2) is 2.41. The highest BCUT2D eigenvalue weighted by molar-refractivity contribution is 5.76. The van der Waals surface area contributed by atoms with E-state index < -0.39 is 0 Å². The quantitative estimate of drug-likeness (QED) is 0.647. The molecule has 1 heterocycles. The van der Waals surface area contributed by atoms with Crippen molar-refractivity contribution in [3.05, 3.63) is 30.1 Å². The lowest BCUT2D eigenvalue weighted by Gasteiger charge is -1.92. The van der Waals surface area contributed by atoms with Crippen LogP contribution in [0.5, 0.6) is 0 Å². The van der Waals surface area contributed by atoms with Crippen molar-refractivity contribution >= 4 is 17.1 Å². The molecule has 0 spiro atoms. The summed E-state index contributed by atoms with van der Waals surface area (Å²) in [6.45, 7) is 3.46. The summed E-state index contributed by atoms with van der Waals surface area (Å²) in [5.41, 5.74) is 1.35. The molecule has 60 valence electrons. The van der Waals surface area contributed by atoms with Crippen LogP contribution >= 0.6 is 0 Å². The largest absolute Gasteiger partial charge is 0.243 e. The molecule has 0 bridgehead atoms. The third-order valence-electron chi connectivity index (χ3n) is 1.59. The van der Waals surface area contributed by atoms with Gasteiger partial charge in [-0.05, 0) is 16.4 Å². The summed E-state index contributed by atoms with van der Waals surface area (Å²) in [6.07, 6.45) is 1.42. The van der Waals surface area contributed by atoms with Crippen molar-refractivity contribution in [1.82, 2.24) is 10.3 Å². The first kappa shape index (κ1) is 6.97. The lowest BCUT2D eigenvalue weighted by molar-refractivity contribution is 0.315. The highest BCUT2D eigenvalue weighted by Crippen LogP contribution is 2.16. The summed E-state index contributed by atoms with van der Waals surface area (Å²) < 4.78 is 17.4. The van der Waals surface area contributed by atoms with E-state index in [4.69, 9.17) is 0 Å². The Morgan fingerprint density at radius 3 is 2.67 bits per heavy atom. The summed E-state index contributed by atoms with van der Waals surface area (Å²) in [7, 11) is 0. The molecular formula is C8H5FN2O. The predicted molar refractivity (Wildman–Crippen MR) is 41.9 cm³/mol. The fraction of sp³-hybridized carbons (Fsp3) is 0.